The van der Waals surface area contributed by atoms with Gasteiger partial charge in [-0.25, -0.2) is 4.79 Å². The zero-order valence-corrected chi connectivity index (χ0v) is 20.3. The van der Waals surface area contributed by atoms with Crippen LogP contribution in [0.4, 0.5) is 0 Å². The van der Waals surface area contributed by atoms with Crippen molar-refractivity contribution < 1.29 is 19.0 Å². The van der Waals surface area contributed by atoms with Gasteiger partial charge in [-0.3, -0.25) is 0 Å². The van der Waals surface area contributed by atoms with Crippen LogP contribution in [0.25, 0.3) is 11.1 Å². The van der Waals surface area contributed by atoms with E-state index in [9.17, 15) is 4.79 Å². The fourth-order valence-corrected chi connectivity index (χ4v) is 3.48. The Hall–Kier alpha value is -2.49. The third-order valence-corrected chi connectivity index (χ3v) is 5.31. The maximum absolute atomic E-state index is 11.9. The van der Waals surface area contributed by atoms with Crippen LogP contribution in [0.1, 0.15) is 79.1 Å². The van der Waals surface area contributed by atoms with Crippen molar-refractivity contribution in [3.05, 3.63) is 48.5 Å². The fourth-order valence-electron chi connectivity index (χ4n) is 3.48. The first-order valence-electron chi connectivity index (χ1n) is 12.2. The zero-order valence-electron chi connectivity index (χ0n) is 20.3. The smallest absolute Gasteiger partial charge is 0.347 e. The summed E-state index contributed by atoms with van der Waals surface area (Å²) in [6.45, 7) is 8.38. The number of hydrogen-bond acceptors (Lipinski definition) is 4. The molecule has 0 spiro atoms. The van der Waals surface area contributed by atoms with E-state index < -0.39 is 6.10 Å². The number of esters is 1. The molecule has 0 bridgehead atoms. The summed E-state index contributed by atoms with van der Waals surface area (Å²) in [4.78, 5) is 11.9. The maximum Gasteiger partial charge on any atom is 0.347 e. The summed E-state index contributed by atoms with van der Waals surface area (Å²) in [6, 6.07) is 15.9. The molecule has 2 rings (SSSR count). The van der Waals surface area contributed by atoms with Gasteiger partial charge in [0, 0.05) is 0 Å². The van der Waals surface area contributed by atoms with Gasteiger partial charge in [0.25, 0.3) is 0 Å². The molecule has 0 aromatic heterocycles. The van der Waals surface area contributed by atoms with E-state index in [1.807, 2.05) is 50.2 Å². The second kappa shape index (κ2) is 14.5. The van der Waals surface area contributed by atoms with Crippen molar-refractivity contribution in [2.75, 3.05) is 6.61 Å². The second-order valence-electron chi connectivity index (χ2n) is 8.62. The molecule has 0 radical (unpaired) electrons. The van der Waals surface area contributed by atoms with Gasteiger partial charge < -0.3 is 14.2 Å². The topological polar surface area (TPSA) is 44.8 Å². The number of ether oxygens (including phenoxy) is 3. The zero-order chi connectivity index (χ0) is 23.2. The molecular weight excluding hydrogens is 400 g/mol. The quantitative estimate of drug-likeness (QED) is 0.211. The number of rotatable bonds is 15. The molecule has 0 aliphatic rings. The molecule has 0 saturated heterocycles. The van der Waals surface area contributed by atoms with E-state index in [4.69, 9.17) is 14.2 Å². The van der Waals surface area contributed by atoms with E-state index in [1.54, 1.807) is 6.92 Å². The third kappa shape index (κ3) is 9.76. The normalized spacial score (nSPS) is 11.9. The standard InChI is InChI=1S/C28H40O4/c1-5-6-7-8-9-10-11-12-21-30-26-17-13-24(14-18-26)25-15-19-27(20-16-25)32-23(4)28(29)31-22(2)3/h13-20,22-23H,5-12,21H2,1-4H3. The van der Waals surface area contributed by atoms with Crippen molar-refractivity contribution in [3.8, 4) is 22.6 Å². The Balaban J connectivity index is 1.72. The van der Waals surface area contributed by atoms with E-state index in [0.29, 0.717) is 5.75 Å². The van der Waals surface area contributed by atoms with Crippen LogP contribution in [-0.2, 0) is 9.53 Å². The van der Waals surface area contributed by atoms with Gasteiger partial charge in [0.1, 0.15) is 11.5 Å². The van der Waals surface area contributed by atoms with Crippen LogP contribution >= 0.6 is 0 Å². The number of hydrogen-bond donors (Lipinski definition) is 0. The molecule has 1 atom stereocenters. The van der Waals surface area contributed by atoms with Crippen molar-refractivity contribution in [2.45, 2.75) is 91.3 Å². The molecule has 4 heteroatoms. The van der Waals surface area contributed by atoms with Gasteiger partial charge in [0.2, 0.25) is 0 Å². The van der Waals surface area contributed by atoms with Gasteiger partial charge in [-0.15, -0.1) is 0 Å². The van der Waals surface area contributed by atoms with Gasteiger partial charge in [-0.05, 0) is 62.6 Å². The van der Waals surface area contributed by atoms with E-state index in [1.165, 1.54) is 44.9 Å². The monoisotopic (exact) mass is 440 g/mol. The van der Waals surface area contributed by atoms with Crippen molar-refractivity contribution >= 4 is 5.97 Å². The highest BCUT2D eigenvalue weighted by molar-refractivity contribution is 5.75. The van der Waals surface area contributed by atoms with E-state index in [0.717, 1.165) is 29.9 Å². The fraction of sp³-hybridized carbons (Fsp3) is 0.536. The maximum atomic E-state index is 11.9. The molecular formula is C28H40O4. The average Bonchev–Trinajstić information content (AvgIpc) is 2.78. The summed E-state index contributed by atoms with van der Waals surface area (Å²) in [5, 5.41) is 0. The second-order valence-corrected chi connectivity index (χ2v) is 8.62. The van der Waals surface area contributed by atoms with Crippen LogP contribution < -0.4 is 9.47 Å². The van der Waals surface area contributed by atoms with Crippen LogP contribution in [0.2, 0.25) is 0 Å². The van der Waals surface area contributed by atoms with E-state index in [2.05, 4.69) is 19.1 Å². The first kappa shape index (κ1) is 25.8. The largest absolute Gasteiger partial charge is 0.494 e. The van der Waals surface area contributed by atoms with Gasteiger partial charge in [0.05, 0.1) is 12.7 Å². The Morgan fingerprint density at radius 2 is 1.22 bits per heavy atom. The Kier molecular flexibility index (Phi) is 11.7. The highest BCUT2D eigenvalue weighted by atomic mass is 16.6. The van der Waals surface area contributed by atoms with Crippen LogP contribution in [0.15, 0.2) is 48.5 Å². The summed E-state index contributed by atoms with van der Waals surface area (Å²) < 4.78 is 16.8. The SMILES string of the molecule is CCCCCCCCCCOc1ccc(-c2ccc(OC(C)C(=O)OC(C)C)cc2)cc1. The van der Waals surface area contributed by atoms with Crippen molar-refractivity contribution in [3.63, 3.8) is 0 Å². The number of carbonyl (C=O) groups is 1. The minimum absolute atomic E-state index is 0.150. The lowest BCUT2D eigenvalue weighted by atomic mass is 10.1. The Bertz CT molecular complexity index is 765. The summed E-state index contributed by atoms with van der Waals surface area (Å²) in [6.07, 6.45) is 9.64. The molecule has 0 amide bonds. The van der Waals surface area contributed by atoms with E-state index >= 15 is 0 Å². The van der Waals surface area contributed by atoms with Crippen molar-refractivity contribution in [1.82, 2.24) is 0 Å². The lowest BCUT2D eigenvalue weighted by molar-refractivity contribution is -0.154. The average molecular weight is 441 g/mol. The van der Waals surface area contributed by atoms with Gasteiger partial charge >= 0.3 is 5.97 Å². The third-order valence-electron chi connectivity index (χ3n) is 5.31. The Morgan fingerprint density at radius 1 is 0.719 bits per heavy atom. The predicted octanol–water partition coefficient (Wildman–Crippen LogP) is 7.59. The number of benzene rings is 2. The molecule has 0 N–H and O–H groups in total. The first-order chi connectivity index (χ1) is 15.5. The van der Waals surface area contributed by atoms with Crippen molar-refractivity contribution in [1.29, 1.82) is 0 Å². The lowest BCUT2D eigenvalue weighted by Crippen LogP contribution is -2.28. The van der Waals surface area contributed by atoms with Gasteiger partial charge in [-0.1, -0.05) is 76.1 Å². The lowest BCUT2D eigenvalue weighted by Gasteiger charge is -2.16. The molecule has 0 aliphatic carbocycles. The molecule has 0 aliphatic heterocycles. The first-order valence-corrected chi connectivity index (χ1v) is 12.2. The van der Waals surface area contributed by atoms with Crippen molar-refractivity contribution in [2.24, 2.45) is 0 Å². The summed E-state index contributed by atoms with van der Waals surface area (Å²) >= 11 is 0. The summed E-state index contributed by atoms with van der Waals surface area (Å²) in [5.41, 5.74) is 2.20. The minimum atomic E-state index is -0.638. The highest BCUT2D eigenvalue weighted by Crippen LogP contribution is 2.25. The molecule has 1 unspecified atom stereocenters. The predicted molar refractivity (Wildman–Crippen MR) is 131 cm³/mol. The van der Waals surface area contributed by atoms with Crippen LogP contribution in [0, 0.1) is 0 Å². The van der Waals surface area contributed by atoms with Crippen LogP contribution in [0.3, 0.4) is 0 Å². The summed E-state index contributed by atoms with van der Waals surface area (Å²) in [5.74, 6) is 1.20. The highest BCUT2D eigenvalue weighted by Gasteiger charge is 2.17. The number of unbranched alkanes of at least 4 members (excludes halogenated alkanes) is 7. The molecule has 4 nitrogen and oxygen atoms in total. The molecule has 0 saturated carbocycles. The Morgan fingerprint density at radius 3 is 1.75 bits per heavy atom. The van der Waals surface area contributed by atoms with E-state index in [-0.39, 0.29) is 12.1 Å². The van der Waals surface area contributed by atoms with Crippen LogP contribution in [-0.4, -0.2) is 24.8 Å². The Labute approximate surface area is 194 Å². The molecule has 0 heterocycles. The summed E-state index contributed by atoms with van der Waals surface area (Å²) in [7, 11) is 0. The molecule has 176 valence electrons. The molecule has 0 fully saturated rings. The minimum Gasteiger partial charge on any atom is -0.494 e. The molecule has 32 heavy (non-hydrogen) atoms. The van der Waals surface area contributed by atoms with Gasteiger partial charge in [0.15, 0.2) is 6.10 Å². The molecule has 2 aromatic rings. The van der Waals surface area contributed by atoms with Gasteiger partial charge in [-0.2, -0.15) is 0 Å². The molecule has 2 aromatic carbocycles. The number of carbonyl (C=O) groups excluding carboxylic acids is 1. The van der Waals surface area contributed by atoms with Crippen LogP contribution in [0.5, 0.6) is 11.5 Å².